The van der Waals surface area contributed by atoms with Crippen LogP contribution in [0.15, 0.2) is 36.8 Å². The fourth-order valence-corrected chi connectivity index (χ4v) is 1.95. The third kappa shape index (κ3) is 2.71. The van der Waals surface area contributed by atoms with E-state index in [1.807, 2.05) is 42.3 Å². The lowest BCUT2D eigenvalue weighted by molar-refractivity contribution is 0.401. The number of methoxy groups -OCH3 is 1. The van der Waals surface area contributed by atoms with Gasteiger partial charge in [0.25, 0.3) is 0 Å². The first-order valence-corrected chi connectivity index (χ1v) is 6.04. The van der Waals surface area contributed by atoms with Crippen LogP contribution in [-0.4, -0.2) is 16.7 Å². The van der Waals surface area contributed by atoms with E-state index in [0.29, 0.717) is 0 Å². The predicted molar refractivity (Wildman–Crippen MR) is 71.5 cm³/mol. The molecule has 4 heteroatoms. The van der Waals surface area contributed by atoms with Crippen LogP contribution in [0.5, 0.6) is 5.75 Å². The molecule has 0 amide bonds. The van der Waals surface area contributed by atoms with Crippen molar-refractivity contribution in [1.29, 1.82) is 0 Å². The number of hydrogen-bond donors (Lipinski definition) is 1. The number of ether oxygens (including phenoxy) is 1. The van der Waals surface area contributed by atoms with Gasteiger partial charge < -0.3 is 14.6 Å². The molecule has 1 unspecified atom stereocenters. The van der Waals surface area contributed by atoms with Crippen LogP contribution in [0.2, 0.25) is 0 Å². The SMILES string of the molecule is COc1ccccc1C(C)NCc1cncn1C. The highest BCUT2D eigenvalue weighted by Gasteiger charge is 2.10. The minimum absolute atomic E-state index is 0.232. The summed E-state index contributed by atoms with van der Waals surface area (Å²) in [6.07, 6.45) is 3.69. The van der Waals surface area contributed by atoms with Crippen molar-refractivity contribution in [2.75, 3.05) is 7.11 Å². The van der Waals surface area contributed by atoms with Crippen molar-refractivity contribution in [2.24, 2.45) is 7.05 Å². The van der Waals surface area contributed by atoms with Crippen LogP contribution in [0.4, 0.5) is 0 Å². The quantitative estimate of drug-likeness (QED) is 0.878. The van der Waals surface area contributed by atoms with Gasteiger partial charge in [-0.25, -0.2) is 4.98 Å². The molecular weight excluding hydrogens is 226 g/mol. The average Bonchev–Trinajstić information content (AvgIpc) is 2.81. The number of aromatic nitrogens is 2. The van der Waals surface area contributed by atoms with Gasteiger partial charge >= 0.3 is 0 Å². The molecule has 2 aromatic rings. The van der Waals surface area contributed by atoms with Crippen molar-refractivity contribution < 1.29 is 4.74 Å². The molecule has 0 aliphatic rings. The van der Waals surface area contributed by atoms with Gasteiger partial charge in [0.05, 0.1) is 19.1 Å². The molecule has 1 aromatic carbocycles. The number of aryl methyl sites for hydroxylation is 1. The molecule has 18 heavy (non-hydrogen) atoms. The second-order valence-electron chi connectivity index (χ2n) is 4.34. The molecule has 2 rings (SSSR count). The zero-order valence-electron chi connectivity index (χ0n) is 11.1. The summed E-state index contributed by atoms with van der Waals surface area (Å²) in [5, 5.41) is 3.48. The van der Waals surface area contributed by atoms with Crippen molar-refractivity contribution >= 4 is 0 Å². The molecule has 0 saturated heterocycles. The minimum atomic E-state index is 0.232. The normalized spacial score (nSPS) is 12.4. The van der Waals surface area contributed by atoms with Crippen LogP contribution in [0.3, 0.4) is 0 Å². The number of rotatable bonds is 5. The fourth-order valence-electron chi connectivity index (χ4n) is 1.95. The Bertz CT molecular complexity index is 507. The lowest BCUT2D eigenvalue weighted by Crippen LogP contribution is -2.20. The fraction of sp³-hybridized carbons (Fsp3) is 0.357. The highest BCUT2D eigenvalue weighted by molar-refractivity contribution is 5.35. The summed E-state index contributed by atoms with van der Waals surface area (Å²) >= 11 is 0. The standard InChI is InChI=1S/C14H19N3O/c1-11(13-6-4-5-7-14(13)18-3)16-9-12-8-15-10-17(12)2/h4-8,10-11,16H,9H2,1-3H3. The average molecular weight is 245 g/mol. The van der Waals surface area contributed by atoms with E-state index in [0.717, 1.165) is 18.0 Å². The van der Waals surface area contributed by atoms with Crippen LogP contribution in [0.1, 0.15) is 24.2 Å². The molecule has 0 radical (unpaired) electrons. The number of para-hydroxylation sites is 1. The molecule has 0 aliphatic carbocycles. The Hall–Kier alpha value is -1.81. The third-order valence-corrected chi connectivity index (χ3v) is 3.11. The van der Waals surface area contributed by atoms with Crippen LogP contribution in [0.25, 0.3) is 0 Å². The Morgan fingerprint density at radius 1 is 1.39 bits per heavy atom. The van der Waals surface area contributed by atoms with E-state index in [1.165, 1.54) is 5.56 Å². The van der Waals surface area contributed by atoms with Gasteiger partial charge in [-0.15, -0.1) is 0 Å². The van der Waals surface area contributed by atoms with E-state index < -0.39 is 0 Å². The smallest absolute Gasteiger partial charge is 0.123 e. The Morgan fingerprint density at radius 3 is 2.83 bits per heavy atom. The second kappa shape index (κ2) is 5.69. The lowest BCUT2D eigenvalue weighted by Gasteiger charge is -2.17. The zero-order chi connectivity index (χ0) is 13.0. The molecule has 96 valence electrons. The van der Waals surface area contributed by atoms with Gasteiger partial charge in [0.1, 0.15) is 5.75 Å². The first-order chi connectivity index (χ1) is 8.72. The summed E-state index contributed by atoms with van der Waals surface area (Å²) in [5.74, 6) is 0.919. The molecule has 4 nitrogen and oxygen atoms in total. The van der Waals surface area contributed by atoms with Crippen molar-refractivity contribution in [3.63, 3.8) is 0 Å². The van der Waals surface area contributed by atoms with E-state index in [-0.39, 0.29) is 6.04 Å². The Labute approximate surface area is 108 Å². The Kier molecular flexibility index (Phi) is 3.99. The summed E-state index contributed by atoms with van der Waals surface area (Å²) in [6, 6.07) is 8.31. The van der Waals surface area contributed by atoms with Crippen molar-refractivity contribution in [3.05, 3.63) is 48.0 Å². The van der Waals surface area contributed by atoms with Gasteiger partial charge in [-0.3, -0.25) is 0 Å². The number of hydrogen-bond acceptors (Lipinski definition) is 3. The summed E-state index contributed by atoms with van der Waals surface area (Å²) in [4.78, 5) is 4.10. The molecule has 0 spiro atoms. The van der Waals surface area contributed by atoms with Crippen molar-refractivity contribution in [1.82, 2.24) is 14.9 Å². The molecule has 0 fully saturated rings. The van der Waals surface area contributed by atoms with E-state index in [9.17, 15) is 0 Å². The lowest BCUT2D eigenvalue weighted by atomic mass is 10.1. The largest absolute Gasteiger partial charge is 0.496 e. The summed E-state index contributed by atoms with van der Waals surface area (Å²) in [6.45, 7) is 2.92. The third-order valence-electron chi connectivity index (χ3n) is 3.11. The Balaban J connectivity index is 2.03. The maximum Gasteiger partial charge on any atom is 0.123 e. The minimum Gasteiger partial charge on any atom is -0.496 e. The van der Waals surface area contributed by atoms with E-state index in [4.69, 9.17) is 4.74 Å². The molecule has 0 saturated carbocycles. The molecule has 1 aromatic heterocycles. The van der Waals surface area contributed by atoms with Crippen LogP contribution < -0.4 is 10.1 Å². The summed E-state index contributed by atoms with van der Waals surface area (Å²) in [7, 11) is 3.70. The van der Waals surface area contributed by atoms with E-state index in [1.54, 1.807) is 7.11 Å². The maximum absolute atomic E-state index is 5.37. The molecular formula is C14H19N3O. The predicted octanol–water partition coefficient (Wildman–Crippen LogP) is 2.28. The molecule has 1 N–H and O–H groups in total. The van der Waals surface area contributed by atoms with E-state index in [2.05, 4.69) is 23.3 Å². The van der Waals surface area contributed by atoms with Crippen molar-refractivity contribution in [3.8, 4) is 5.75 Å². The highest BCUT2D eigenvalue weighted by Crippen LogP contribution is 2.24. The molecule has 1 atom stereocenters. The number of imidazole rings is 1. The van der Waals surface area contributed by atoms with Gasteiger partial charge in [-0.05, 0) is 13.0 Å². The van der Waals surface area contributed by atoms with Crippen LogP contribution in [0, 0.1) is 0 Å². The van der Waals surface area contributed by atoms with Gasteiger partial charge in [-0.1, -0.05) is 18.2 Å². The Morgan fingerprint density at radius 2 is 2.17 bits per heavy atom. The van der Waals surface area contributed by atoms with Gasteiger partial charge in [0.2, 0.25) is 0 Å². The van der Waals surface area contributed by atoms with Crippen LogP contribution >= 0.6 is 0 Å². The monoisotopic (exact) mass is 245 g/mol. The molecule has 1 heterocycles. The summed E-state index contributed by atoms with van der Waals surface area (Å²) < 4.78 is 7.39. The topological polar surface area (TPSA) is 39.1 Å². The molecule has 0 bridgehead atoms. The number of benzene rings is 1. The van der Waals surface area contributed by atoms with Crippen LogP contribution in [-0.2, 0) is 13.6 Å². The van der Waals surface area contributed by atoms with Crippen molar-refractivity contribution in [2.45, 2.75) is 19.5 Å². The van der Waals surface area contributed by atoms with Gasteiger partial charge in [-0.2, -0.15) is 0 Å². The number of nitrogens with zero attached hydrogens (tertiary/aromatic N) is 2. The molecule has 0 aliphatic heterocycles. The number of nitrogens with one attached hydrogen (secondary N) is 1. The van der Waals surface area contributed by atoms with E-state index >= 15 is 0 Å². The highest BCUT2D eigenvalue weighted by atomic mass is 16.5. The summed E-state index contributed by atoms with van der Waals surface area (Å²) in [5.41, 5.74) is 2.33. The first-order valence-electron chi connectivity index (χ1n) is 6.04. The van der Waals surface area contributed by atoms with Gasteiger partial charge in [0.15, 0.2) is 0 Å². The van der Waals surface area contributed by atoms with Gasteiger partial charge in [0, 0.05) is 31.4 Å². The maximum atomic E-state index is 5.37. The first kappa shape index (κ1) is 12.6. The zero-order valence-corrected chi connectivity index (χ0v) is 11.1. The second-order valence-corrected chi connectivity index (χ2v) is 4.34.